The van der Waals surface area contributed by atoms with Gasteiger partial charge >= 0.3 is 5.97 Å². The van der Waals surface area contributed by atoms with Gasteiger partial charge in [-0.15, -0.1) is 0 Å². The van der Waals surface area contributed by atoms with Crippen molar-refractivity contribution in [2.45, 2.75) is 45.8 Å². The van der Waals surface area contributed by atoms with Gasteiger partial charge in [0.15, 0.2) is 6.10 Å². The number of amides is 1. The summed E-state index contributed by atoms with van der Waals surface area (Å²) in [5.74, 6) is -1.20. The first-order valence-corrected chi connectivity index (χ1v) is 8.15. The number of aromatic nitrogens is 1. The molecule has 134 valence electrons. The molecular weight excluding hydrogens is 322 g/mol. The van der Waals surface area contributed by atoms with Gasteiger partial charge in [-0.25, -0.2) is 4.79 Å². The smallest absolute Gasteiger partial charge is 0.346 e. The zero-order valence-corrected chi connectivity index (χ0v) is 14.6. The van der Waals surface area contributed by atoms with Crippen molar-refractivity contribution in [1.29, 1.82) is 0 Å². The Labute approximate surface area is 146 Å². The number of ether oxygens (including phenoxy) is 1. The third kappa shape index (κ3) is 5.07. The van der Waals surface area contributed by atoms with Crippen molar-refractivity contribution in [3.05, 3.63) is 47.2 Å². The van der Waals surface area contributed by atoms with Crippen LogP contribution in [0.3, 0.4) is 0 Å². The Balaban J connectivity index is 1.82. The van der Waals surface area contributed by atoms with Crippen molar-refractivity contribution in [2.75, 3.05) is 5.73 Å². The number of carbonyl (C=O) groups is 2. The maximum atomic E-state index is 12.2. The molecule has 1 aromatic heterocycles. The fourth-order valence-corrected chi connectivity index (χ4v) is 2.37. The SMILES string of the molecule is Cc1noc(N)c1C(=O)O[C@@H](C)C(=O)N[C@H](C)CCc1ccccc1. The summed E-state index contributed by atoms with van der Waals surface area (Å²) >= 11 is 0. The summed E-state index contributed by atoms with van der Waals surface area (Å²) < 4.78 is 9.87. The topological polar surface area (TPSA) is 107 Å². The Bertz CT molecular complexity index is 708. The highest BCUT2D eigenvalue weighted by Crippen LogP contribution is 2.17. The van der Waals surface area contributed by atoms with Crippen LogP contribution in [0.25, 0.3) is 0 Å². The monoisotopic (exact) mass is 345 g/mol. The van der Waals surface area contributed by atoms with Gasteiger partial charge in [-0.1, -0.05) is 35.5 Å². The maximum absolute atomic E-state index is 12.2. The predicted molar refractivity (Wildman–Crippen MR) is 92.9 cm³/mol. The largest absolute Gasteiger partial charge is 0.449 e. The molecule has 7 nitrogen and oxygen atoms in total. The highest BCUT2D eigenvalue weighted by molar-refractivity contribution is 5.96. The molecule has 2 rings (SSSR count). The second-order valence-electron chi connectivity index (χ2n) is 5.99. The third-order valence-electron chi connectivity index (χ3n) is 3.84. The summed E-state index contributed by atoms with van der Waals surface area (Å²) in [6.07, 6.45) is 0.696. The van der Waals surface area contributed by atoms with E-state index in [1.807, 2.05) is 37.3 Å². The predicted octanol–water partition coefficient (Wildman–Crippen LogP) is 2.25. The van der Waals surface area contributed by atoms with Crippen LogP contribution in [-0.4, -0.2) is 29.2 Å². The zero-order chi connectivity index (χ0) is 18.4. The molecule has 0 aliphatic carbocycles. The molecule has 1 heterocycles. The third-order valence-corrected chi connectivity index (χ3v) is 3.84. The first-order chi connectivity index (χ1) is 11.9. The number of hydrogen-bond donors (Lipinski definition) is 2. The van der Waals surface area contributed by atoms with Gasteiger partial charge in [0.1, 0.15) is 5.56 Å². The minimum Gasteiger partial charge on any atom is -0.449 e. The zero-order valence-electron chi connectivity index (χ0n) is 14.6. The maximum Gasteiger partial charge on any atom is 0.346 e. The van der Waals surface area contributed by atoms with Crippen LogP contribution in [-0.2, 0) is 16.0 Å². The summed E-state index contributed by atoms with van der Waals surface area (Å²) in [6, 6.07) is 9.98. The van der Waals surface area contributed by atoms with E-state index >= 15 is 0 Å². The summed E-state index contributed by atoms with van der Waals surface area (Å²) in [6.45, 7) is 5.00. The molecule has 0 bridgehead atoms. The Morgan fingerprint density at radius 1 is 1.28 bits per heavy atom. The molecule has 1 aromatic carbocycles. The number of nitrogens with one attached hydrogen (secondary N) is 1. The number of anilines is 1. The number of nitrogen functional groups attached to an aromatic ring is 1. The summed E-state index contributed by atoms with van der Waals surface area (Å²) in [5, 5.41) is 6.43. The molecule has 2 aromatic rings. The van der Waals surface area contributed by atoms with Gasteiger partial charge in [-0.3, -0.25) is 4.79 Å². The van der Waals surface area contributed by atoms with E-state index in [1.54, 1.807) is 6.92 Å². The Kier molecular flexibility index (Phi) is 6.16. The first kappa shape index (κ1) is 18.5. The number of aryl methyl sites for hydroxylation is 2. The van der Waals surface area contributed by atoms with Gasteiger partial charge in [-0.05, 0) is 39.2 Å². The van der Waals surface area contributed by atoms with Crippen LogP contribution >= 0.6 is 0 Å². The molecule has 0 saturated carbocycles. The molecule has 3 N–H and O–H groups in total. The van der Waals surface area contributed by atoms with Crippen LogP contribution in [0.1, 0.15) is 41.9 Å². The Morgan fingerprint density at radius 2 is 1.96 bits per heavy atom. The molecule has 0 saturated heterocycles. The summed E-state index contributed by atoms with van der Waals surface area (Å²) in [5.41, 5.74) is 7.13. The molecule has 0 unspecified atom stereocenters. The first-order valence-electron chi connectivity index (χ1n) is 8.15. The second kappa shape index (κ2) is 8.32. The van der Waals surface area contributed by atoms with E-state index in [4.69, 9.17) is 15.0 Å². The van der Waals surface area contributed by atoms with Crippen molar-refractivity contribution in [3.63, 3.8) is 0 Å². The van der Waals surface area contributed by atoms with Crippen molar-refractivity contribution in [3.8, 4) is 0 Å². The molecule has 0 spiro atoms. The van der Waals surface area contributed by atoms with Crippen LogP contribution in [0.5, 0.6) is 0 Å². The van der Waals surface area contributed by atoms with Gasteiger partial charge in [0.2, 0.25) is 5.88 Å². The standard InChI is InChI=1S/C18H23N3O4/c1-11(9-10-14-7-5-4-6-8-14)20-17(22)13(3)24-18(23)15-12(2)21-25-16(15)19/h4-8,11,13H,9-10,19H2,1-3H3,(H,20,22)/t11-,13+/m1/s1. The van der Waals surface area contributed by atoms with Gasteiger partial charge in [0.25, 0.3) is 5.91 Å². The van der Waals surface area contributed by atoms with E-state index in [9.17, 15) is 9.59 Å². The normalized spacial score (nSPS) is 13.1. The van der Waals surface area contributed by atoms with Crippen molar-refractivity contribution >= 4 is 17.8 Å². The molecule has 1 amide bonds. The molecule has 0 aliphatic rings. The lowest BCUT2D eigenvalue weighted by Gasteiger charge is -2.18. The van der Waals surface area contributed by atoms with E-state index in [-0.39, 0.29) is 23.4 Å². The van der Waals surface area contributed by atoms with Crippen LogP contribution in [0.4, 0.5) is 5.88 Å². The van der Waals surface area contributed by atoms with Crippen LogP contribution < -0.4 is 11.1 Å². The van der Waals surface area contributed by atoms with E-state index in [1.165, 1.54) is 12.5 Å². The molecule has 0 radical (unpaired) electrons. The lowest BCUT2D eigenvalue weighted by Crippen LogP contribution is -2.41. The quantitative estimate of drug-likeness (QED) is 0.745. The molecule has 0 fully saturated rings. The Hall–Kier alpha value is -2.83. The highest BCUT2D eigenvalue weighted by Gasteiger charge is 2.25. The van der Waals surface area contributed by atoms with Crippen LogP contribution in [0, 0.1) is 6.92 Å². The van der Waals surface area contributed by atoms with E-state index in [0.29, 0.717) is 5.69 Å². The van der Waals surface area contributed by atoms with Crippen molar-refractivity contribution < 1.29 is 18.8 Å². The van der Waals surface area contributed by atoms with Crippen LogP contribution in [0.2, 0.25) is 0 Å². The van der Waals surface area contributed by atoms with Crippen molar-refractivity contribution in [1.82, 2.24) is 10.5 Å². The lowest BCUT2D eigenvalue weighted by atomic mass is 10.1. The van der Waals surface area contributed by atoms with E-state index < -0.39 is 12.1 Å². The minimum absolute atomic E-state index is 0.0451. The van der Waals surface area contributed by atoms with Gasteiger partial charge in [0, 0.05) is 6.04 Å². The summed E-state index contributed by atoms with van der Waals surface area (Å²) in [7, 11) is 0. The minimum atomic E-state index is -0.944. The fourth-order valence-electron chi connectivity index (χ4n) is 2.37. The average Bonchev–Trinajstić information content (AvgIpc) is 2.92. The molecule has 0 aliphatic heterocycles. The number of benzene rings is 1. The number of nitrogens with zero attached hydrogens (tertiary/aromatic N) is 1. The number of hydrogen-bond acceptors (Lipinski definition) is 6. The molecular formula is C18H23N3O4. The fraction of sp³-hybridized carbons (Fsp3) is 0.389. The summed E-state index contributed by atoms with van der Waals surface area (Å²) in [4.78, 5) is 24.3. The average molecular weight is 345 g/mol. The van der Waals surface area contributed by atoms with Crippen LogP contribution in [0.15, 0.2) is 34.9 Å². The van der Waals surface area contributed by atoms with Gasteiger partial charge < -0.3 is 20.3 Å². The van der Waals surface area contributed by atoms with Crippen molar-refractivity contribution in [2.24, 2.45) is 0 Å². The Morgan fingerprint density at radius 3 is 2.56 bits per heavy atom. The second-order valence-corrected chi connectivity index (χ2v) is 5.99. The van der Waals surface area contributed by atoms with Gasteiger partial charge in [0.05, 0.1) is 5.69 Å². The van der Waals surface area contributed by atoms with E-state index in [0.717, 1.165) is 12.8 Å². The molecule has 25 heavy (non-hydrogen) atoms. The number of carbonyl (C=O) groups excluding carboxylic acids is 2. The molecule has 2 atom stereocenters. The number of nitrogens with two attached hydrogens (primary N) is 1. The number of rotatable bonds is 7. The van der Waals surface area contributed by atoms with E-state index in [2.05, 4.69) is 10.5 Å². The lowest BCUT2D eigenvalue weighted by molar-refractivity contribution is -0.129. The highest BCUT2D eigenvalue weighted by atomic mass is 16.5. The molecule has 7 heteroatoms. The number of esters is 1. The van der Waals surface area contributed by atoms with Gasteiger partial charge in [-0.2, -0.15) is 0 Å².